The Hall–Kier alpha value is -1.13. The van der Waals surface area contributed by atoms with Gasteiger partial charge >= 0.3 is 12.1 Å². The molecule has 0 saturated heterocycles. The topological polar surface area (TPSA) is 83.5 Å². The zero-order chi connectivity index (χ0) is 15.7. The highest BCUT2D eigenvalue weighted by molar-refractivity contribution is 9.10. The second kappa shape index (κ2) is 5.70. The Balaban J connectivity index is 3.28. The number of hydrogen-bond donors (Lipinski definition) is 2. The van der Waals surface area contributed by atoms with E-state index >= 15 is 0 Å². The lowest BCUT2D eigenvalue weighted by atomic mass is 10.2. The number of halogens is 4. The van der Waals surface area contributed by atoms with Crippen molar-refractivity contribution in [3.05, 3.63) is 28.2 Å². The number of nitrogens with one attached hydrogen (secondary N) is 1. The molecule has 0 aromatic heterocycles. The molecule has 0 fully saturated rings. The molecule has 1 aromatic rings. The first-order valence-corrected chi connectivity index (χ1v) is 7.34. The van der Waals surface area contributed by atoms with Gasteiger partial charge in [-0.3, -0.25) is 4.79 Å². The van der Waals surface area contributed by atoms with Crippen molar-refractivity contribution >= 4 is 31.9 Å². The molecule has 0 saturated carbocycles. The number of aliphatic carboxylic acids is 1. The van der Waals surface area contributed by atoms with Crippen molar-refractivity contribution in [3.63, 3.8) is 0 Å². The molecule has 0 heterocycles. The molecule has 5 nitrogen and oxygen atoms in total. The average Bonchev–Trinajstić information content (AvgIpc) is 2.26. The SMILES string of the molecule is C[C@@H](NS(=O)(=O)c1cc(C(F)(F)F)ccc1Br)C(=O)O. The van der Waals surface area contributed by atoms with E-state index in [9.17, 15) is 26.4 Å². The van der Waals surface area contributed by atoms with Gasteiger partial charge in [-0.25, -0.2) is 8.42 Å². The number of carboxylic acids is 1. The van der Waals surface area contributed by atoms with E-state index in [0.29, 0.717) is 12.1 Å². The van der Waals surface area contributed by atoms with Crippen LogP contribution in [-0.2, 0) is 21.0 Å². The highest BCUT2D eigenvalue weighted by atomic mass is 79.9. The maximum Gasteiger partial charge on any atom is 0.416 e. The third-order valence-corrected chi connectivity index (χ3v) is 4.79. The molecule has 112 valence electrons. The highest BCUT2D eigenvalue weighted by Gasteiger charge is 2.33. The van der Waals surface area contributed by atoms with Crippen molar-refractivity contribution in [2.75, 3.05) is 0 Å². The number of alkyl halides is 3. The molecular formula is C10H9BrF3NO4S. The fourth-order valence-electron chi connectivity index (χ4n) is 1.23. The van der Waals surface area contributed by atoms with Gasteiger partial charge in [0, 0.05) is 4.47 Å². The summed E-state index contributed by atoms with van der Waals surface area (Å²) >= 11 is 2.83. The molecular weight excluding hydrogens is 367 g/mol. The number of benzene rings is 1. The second-order valence-corrected chi connectivity index (χ2v) is 6.36. The molecule has 0 amide bonds. The van der Waals surface area contributed by atoms with Gasteiger partial charge in [0.2, 0.25) is 10.0 Å². The molecule has 0 aliphatic rings. The van der Waals surface area contributed by atoms with E-state index in [1.54, 1.807) is 4.72 Å². The Labute approximate surface area is 121 Å². The summed E-state index contributed by atoms with van der Waals surface area (Å²) in [6.07, 6.45) is -4.70. The zero-order valence-electron chi connectivity index (χ0n) is 9.90. The van der Waals surface area contributed by atoms with E-state index in [2.05, 4.69) is 15.9 Å². The molecule has 0 bridgehead atoms. The van der Waals surface area contributed by atoms with Crippen LogP contribution in [0.3, 0.4) is 0 Å². The quantitative estimate of drug-likeness (QED) is 0.844. The minimum absolute atomic E-state index is 0.101. The van der Waals surface area contributed by atoms with Gasteiger partial charge in [0.15, 0.2) is 0 Å². The summed E-state index contributed by atoms with van der Waals surface area (Å²) in [7, 11) is -4.40. The Kier molecular flexibility index (Phi) is 4.82. The number of hydrogen-bond acceptors (Lipinski definition) is 3. The molecule has 0 aliphatic carbocycles. The summed E-state index contributed by atoms with van der Waals surface area (Å²) < 4.78 is 63.1. The number of sulfonamides is 1. The zero-order valence-corrected chi connectivity index (χ0v) is 12.3. The van der Waals surface area contributed by atoms with Crippen molar-refractivity contribution in [1.29, 1.82) is 0 Å². The van der Waals surface area contributed by atoms with Crippen molar-refractivity contribution in [2.45, 2.75) is 24.0 Å². The van der Waals surface area contributed by atoms with Crippen LogP contribution in [0.4, 0.5) is 13.2 Å². The molecule has 1 rings (SSSR count). The largest absolute Gasteiger partial charge is 0.480 e. The lowest BCUT2D eigenvalue weighted by Crippen LogP contribution is -2.38. The maximum atomic E-state index is 12.6. The van der Waals surface area contributed by atoms with E-state index < -0.39 is 38.7 Å². The van der Waals surface area contributed by atoms with Gasteiger partial charge < -0.3 is 5.11 Å². The predicted molar refractivity (Wildman–Crippen MR) is 66.6 cm³/mol. The molecule has 20 heavy (non-hydrogen) atoms. The van der Waals surface area contributed by atoms with E-state index in [1.165, 1.54) is 0 Å². The summed E-state index contributed by atoms with van der Waals surface area (Å²) in [5.74, 6) is -1.45. The fourth-order valence-corrected chi connectivity index (χ4v) is 3.42. The van der Waals surface area contributed by atoms with Gasteiger partial charge in [0.1, 0.15) is 6.04 Å². The Morgan fingerprint density at radius 1 is 1.40 bits per heavy atom. The van der Waals surface area contributed by atoms with E-state index in [1.807, 2.05) is 0 Å². The smallest absolute Gasteiger partial charge is 0.416 e. The van der Waals surface area contributed by atoms with Crippen LogP contribution < -0.4 is 4.72 Å². The van der Waals surface area contributed by atoms with Crippen LogP contribution in [0.25, 0.3) is 0 Å². The monoisotopic (exact) mass is 375 g/mol. The highest BCUT2D eigenvalue weighted by Crippen LogP contribution is 2.33. The first-order chi connectivity index (χ1) is 8.95. The predicted octanol–water partition coefficient (Wildman–Crippen LogP) is 2.22. The lowest BCUT2D eigenvalue weighted by molar-refractivity contribution is -0.139. The van der Waals surface area contributed by atoms with Crippen molar-refractivity contribution in [2.24, 2.45) is 0 Å². The van der Waals surface area contributed by atoms with E-state index in [-0.39, 0.29) is 4.47 Å². The second-order valence-electron chi connectivity index (χ2n) is 3.82. The maximum absolute atomic E-state index is 12.6. The molecule has 1 aromatic carbocycles. The van der Waals surface area contributed by atoms with E-state index in [0.717, 1.165) is 13.0 Å². The number of rotatable bonds is 4. The molecule has 1 atom stereocenters. The van der Waals surface area contributed by atoms with Crippen LogP contribution in [-0.4, -0.2) is 25.5 Å². The molecule has 0 radical (unpaired) electrons. The van der Waals surface area contributed by atoms with Crippen LogP contribution in [0.15, 0.2) is 27.6 Å². The molecule has 0 unspecified atom stereocenters. The standard InChI is InChI=1S/C10H9BrF3NO4S/c1-5(9(16)17)15-20(18,19)8-4-6(10(12,13)14)2-3-7(8)11/h2-5,15H,1H3,(H,16,17)/t5-/m1/s1. The Bertz CT molecular complexity index is 630. The molecule has 10 heteroatoms. The minimum atomic E-state index is -4.70. The summed E-state index contributed by atoms with van der Waals surface area (Å²) in [6.45, 7) is 1.06. The Morgan fingerprint density at radius 2 is 1.95 bits per heavy atom. The first kappa shape index (κ1) is 16.9. The van der Waals surface area contributed by atoms with Gasteiger partial charge in [-0.2, -0.15) is 17.9 Å². The van der Waals surface area contributed by atoms with E-state index in [4.69, 9.17) is 5.11 Å². The Morgan fingerprint density at radius 3 is 2.40 bits per heavy atom. The summed E-state index contributed by atoms with van der Waals surface area (Å²) in [6, 6.07) is 0.606. The van der Waals surface area contributed by atoms with Gasteiger partial charge in [-0.1, -0.05) is 0 Å². The van der Waals surface area contributed by atoms with Gasteiger partial charge in [-0.15, -0.1) is 0 Å². The van der Waals surface area contributed by atoms with Crippen molar-refractivity contribution in [3.8, 4) is 0 Å². The fraction of sp³-hybridized carbons (Fsp3) is 0.300. The normalized spacial score (nSPS) is 14.1. The van der Waals surface area contributed by atoms with Crippen LogP contribution in [0, 0.1) is 0 Å². The van der Waals surface area contributed by atoms with Gasteiger partial charge in [-0.05, 0) is 41.1 Å². The lowest BCUT2D eigenvalue weighted by Gasteiger charge is -2.13. The third-order valence-electron chi connectivity index (χ3n) is 2.25. The van der Waals surface area contributed by atoms with Crippen LogP contribution >= 0.6 is 15.9 Å². The van der Waals surface area contributed by atoms with Crippen LogP contribution in [0.2, 0.25) is 0 Å². The third kappa shape index (κ3) is 3.93. The van der Waals surface area contributed by atoms with Crippen LogP contribution in [0.5, 0.6) is 0 Å². The number of carboxylic acid groups (broad SMARTS) is 1. The molecule has 2 N–H and O–H groups in total. The number of carbonyl (C=O) groups is 1. The average molecular weight is 376 g/mol. The van der Waals surface area contributed by atoms with Gasteiger partial charge in [0.25, 0.3) is 0 Å². The minimum Gasteiger partial charge on any atom is -0.480 e. The molecule has 0 aliphatic heterocycles. The first-order valence-electron chi connectivity index (χ1n) is 5.07. The van der Waals surface area contributed by atoms with Gasteiger partial charge in [0.05, 0.1) is 10.5 Å². The summed E-state index contributed by atoms with van der Waals surface area (Å²) in [5.41, 5.74) is -1.15. The summed E-state index contributed by atoms with van der Waals surface area (Å²) in [5, 5.41) is 8.63. The van der Waals surface area contributed by atoms with Crippen LogP contribution in [0.1, 0.15) is 12.5 Å². The molecule has 0 spiro atoms. The van der Waals surface area contributed by atoms with Crippen molar-refractivity contribution in [1.82, 2.24) is 4.72 Å². The van der Waals surface area contributed by atoms with Crippen molar-refractivity contribution < 1.29 is 31.5 Å². The summed E-state index contributed by atoms with van der Waals surface area (Å²) in [4.78, 5) is 9.92.